The fraction of sp³-hybridized carbons (Fsp3) is 0.588. The number of nitrogens with one attached hydrogen (secondary N) is 1. The normalized spacial score (nSPS) is 15.5. The van der Waals surface area contributed by atoms with Crippen LogP contribution in [0.4, 0.5) is 0 Å². The number of quaternary nitrogens is 1. The Bertz CT molecular complexity index is 458. The van der Waals surface area contributed by atoms with Crippen molar-refractivity contribution in [2.24, 2.45) is 0 Å². The van der Waals surface area contributed by atoms with Crippen LogP contribution in [0.1, 0.15) is 30.1 Å². The molecule has 0 bridgehead atoms. The first-order valence-corrected chi connectivity index (χ1v) is 8.09. The second-order valence-corrected chi connectivity index (χ2v) is 5.42. The summed E-state index contributed by atoms with van der Waals surface area (Å²) in [4.78, 5) is 12.4. The summed E-state index contributed by atoms with van der Waals surface area (Å²) in [5.41, 5.74) is 0.603. The SMILES string of the molecule is CCOc1cc(C=O)ccc1OCCCC[NH+]1CCOCC1. The maximum atomic E-state index is 10.8. The Labute approximate surface area is 132 Å². The third kappa shape index (κ3) is 5.31. The largest absolute Gasteiger partial charge is 0.490 e. The van der Waals surface area contributed by atoms with Crippen LogP contribution in [0.15, 0.2) is 18.2 Å². The summed E-state index contributed by atoms with van der Waals surface area (Å²) in [5, 5.41) is 0. The Kier molecular flexibility index (Phi) is 7.19. The van der Waals surface area contributed by atoms with Gasteiger partial charge in [-0.1, -0.05) is 0 Å². The summed E-state index contributed by atoms with van der Waals surface area (Å²) >= 11 is 0. The number of hydrogen-bond acceptors (Lipinski definition) is 4. The molecule has 1 aromatic rings. The molecule has 5 nitrogen and oxygen atoms in total. The standard InChI is InChI=1S/C17H25NO4/c1-2-21-17-13-15(14-19)5-6-16(17)22-10-4-3-7-18-8-11-20-12-9-18/h5-6,13-14H,2-4,7-12H2,1H3/p+1. The van der Waals surface area contributed by atoms with Crippen molar-refractivity contribution >= 4 is 6.29 Å². The molecule has 0 aromatic heterocycles. The van der Waals surface area contributed by atoms with Gasteiger partial charge in [-0.15, -0.1) is 0 Å². The van der Waals surface area contributed by atoms with Crippen LogP contribution in [-0.2, 0) is 4.74 Å². The molecule has 0 saturated carbocycles. The number of morpholine rings is 1. The van der Waals surface area contributed by atoms with E-state index in [-0.39, 0.29) is 0 Å². The maximum Gasteiger partial charge on any atom is 0.161 e. The van der Waals surface area contributed by atoms with Crippen LogP contribution in [0.25, 0.3) is 0 Å². The van der Waals surface area contributed by atoms with E-state index in [9.17, 15) is 4.79 Å². The van der Waals surface area contributed by atoms with E-state index >= 15 is 0 Å². The molecule has 5 heteroatoms. The molecule has 2 rings (SSSR count). The molecule has 1 aliphatic rings. The molecule has 1 heterocycles. The van der Waals surface area contributed by atoms with Crippen LogP contribution < -0.4 is 14.4 Å². The first kappa shape index (κ1) is 16.8. The van der Waals surface area contributed by atoms with Gasteiger partial charge in [-0.2, -0.15) is 0 Å². The van der Waals surface area contributed by atoms with E-state index in [0.29, 0.717) is 30.3 Å². The Morgan fingerprint density at radius 1 is 1.18 bits per heavy atom. The van der Waals surface area contributed by atoms with Crippen molar-refractivity contribution in [3.05, 3.63) is 23.8 Å². The topological polar surface area (TPSA) is 49.2 Å². The minimum Gasteiger partial charge on any atom is -0.490 e. The lowest BCUT2D eigenvalue weighted by molar-refractivity contribution is -0.908. The van der Waals surface area contributed by atoms with Crippen molar-refractivity contribution in [3.8, 4) is 11.5 Å². The Morgan fingerprint density at radius 3 is 2.73 bits per heavy atom. The molecule has 1 saturated heterocycles. The predicted octanol–water partition coefficient (Wildman–Crippen LogP) is 0.972. The van der Waals surface area contributed by atoms with Gasteiger partial charge in [0.2, 0.25) is 0 Å². The summed E-state index contributed by atoms with van der Waals surface area (Å²) in [5.74, 6) is 1.36. The van der Waals surface area contributed by atoms with Gasteiger partial charge in [-0.25, -0.2) is 0 Å². The molecule has 1 N–H and O–H groups in total. The molecule has 0 aliphatic carbocycles. The highest BCUT2D eigenvalue weighted by molar-refractivity contribution is 5.76. The van der Waals surface area contributed by atoms with E-state index in [0.717, 1.165) is 45.4 Å². The van der Waals surface area contributed by atoms with Gasteiger partial charge in [0.1, 0.15) is 19.4 Å². The highest BCUT2D eigenvalue weighted by Gasteiger charge is 2.13. The smallest absolute Gasteiger partial charge is 0.161 e. The highest BCUT2D eigenvalue weighted by Crippen LogP contribution is 2.28. The van der Waals surface area contributed by atoms with E-state index in [4.69, 9.17) is 14.2 Å². The Hall–Kier alpha value is -1.59. The van der Waals surface area contributed by atoms with E-state index in [1.165, 1.54) is 6.54 Å². The van der Waals surface area contributed by atoms with E-state index < -0.39 is 0 Å². The number of benzene rings is 1. The summed E-state index contributed by atoms with van der Waals surface area (Å²) in [6.07, 6.45) is 2.98. The van der Waals surface area contributed by atoms with Gasteiger partial charge in [0.05, 0.1) is 33.0 Å². The van der Waals surface area contributed by atoms with E-state index in [1.807, 2.05) is 13.0 Å². The van der Waals surface area contributed by atoms with Crippen molar-refractivity contribution in [2.45, 2.75) is 19.8 Å². The lowest BCUT2D eigenvalue weighted by atomic mass is 10.2. The molecule has 0 amide bonds. The molecule has 0 atom stereocenters. The number of carbonyl (C=O) groups excluding carboxylic acids is 1. The first-order valence-electron chi connectivity index (χ1n) is 8.09. The van der Waals surface area contributed by atoms with Crippen LogP contribution in [0.3, 0.4) is 0 Å². The summed E-state index contributed by atoms with van der Waals surface area (Å²) in [6.45, 7) is 8.31. The monoisotopic (exact) mass is 308 g/mol. The van der Waals surface area contributed by atoms with Gasteiger partial charge in [-0.05, 0) is 38.0 Å². The average molecular weight is 308 g/mol. The molecule has 0 unspecified atom stereocenters. The predicted molar refractivity (Wildman–Crippen MR) is 84.1 cm³/mol. The zero-order chi connectivity index (χ0) is 15.6. The molecular formula is C17H26NO4+. The quantitative estimate of drug-likeness (QED) is 0.545. The number of carbonyl (C=O) groups is 1. The summed E-state index contributed by atoms with van der Waals surface area (Å²) < 4.78 is 16.7. The minimum atomic E-state index is 0.555. The van der Waals surface area contributed by atoms with Crippen molar-refractivity contribution in [1.29, 1.82) is 0 Å². The minimum absolute atomic E-state index is 0.555. The average Bonchev–Trinajstić information content (AvgIpc) is 2.57. The lowest BCUT2D eigenvalue weighted by Gasteiger charge is -2.23. The van der Waals surface area contributed by atoms with Crippen LogP contribution in [0.5, 0.6) is 11.5 Å². The Balaban J connectivity index is 1.72. The van der Waals surface area contributed by atoms with Gasteiger partial charge in [0.15, 0.2) is 11.5 Å². The zero-order valence-corrected chi connectivity index (χ0v) is 13.3. The van der Waals surface area contributed by atoms with Crippen LogP contribution in [0.2, 0.25) is 0 Å². The van der Waals surface area contributed by atoms with Crippen LogP contribution >= 0.6 is 0 Å². The maximum absolute atomic E-state index is 10.8. The van der Waals surface area contributed by atoms with Gasteiger partial charge < -0.3 is 19.1 Å². The number of rotatable bonds is 9. The lowest BCUT2D eigenvalue weighted by Crippen LogP contribution is -3.14. The molecule has 0 spiro atoms. The zero-order valence-electron chi connectivity index (χ0n) is 13.3. The van der Waals surface area contributed by atoms with Gasteiger partial charge >= 0.3 is 0 Å². The van der Waals surface area contributed by atoms with Crippen molar-refractivity contribution in [2.75, 3.05) is 46.1 Å². The summed E-state index contributed by atoms with van der Waals surface area (Å²) in [6, 6.07) is 5.29. The van der Waals surface area contributed by atoms with Crippen LogP contribution in [-0.4, -0.2) is 52.3 Å². The third-order valence-corrected chi connectivity index (χ3v) is 3.79. The van der Waals surface area contributed by atoms with Crippen molar-refractivity contribution in [1.82, 2.24) is 0 Å². The highest BCUT2D eigenvalue weighted by atomic mass is 16.5. The third-order valence-electron chi connectivity index (χ3n) is 3.79. The number of hydrogen-bond donors (Lipinski definition) is 1. The molecular weight excluding hydrogens is 282 g/mol. The summed E-state index contributed by atoms with van der Waals surface area (Å²) in [7, 11) is 0. The van der Waals surface area contributed by atoms with Crippen molar-refractivity contribution in [3.63, 3.8) is 0 Å². The Morgan fingerprint density at radius 2 is 2.00 bits per heavy atom. The fourth-order valence-corrected chi connectivity index (χ4v) is 2.55. The van der Waals surface area contributed by atoms with Crippen molar-refractivity contribution < 1.29 is 23.9 Å². The number of unbranched alkanes of at least 4 members (excludes halogenated alkanes) is 1. The van der Waals surface area contributed by atoms with Gasteiger partial charge in [-0.3, -0.25) is 4.79 Å². The molecule has 1 fully saturated rings. The first-order chi connectivity index (χ1) is 10.8. The molecule has 1 aliphatic heterocycles. The number of ether oxygens (including phenoxy) is 3. The number of aldehydes is 1. The molecule has 22 heavy (non-hydrogen) atoms. The molecule has 0 radical (unpaired) electrons. The second-order valence-electron chi connectivity index (χ2n) is 5.42. The van der Waals surface area contributed by atoms with Crippen LogP contribution in [0, 0.1) is 0 Å². The van der Waals surface area contributed by atoms with E-state index in [2.05, 4.69) is 0 Å². The molecule has 122 valence electrons. The van der Waals surface area contributed by atoms with Gasteiger partial charge in [0, 0.05) is 5.56 Å². The second kappa shape index (κ2) is 9.43. The van der Waals surface area contributed by atoms with E-state index in [1.54, 1.807) is 17.0 Å². The molecule has 1 aromatic carbocycles. The van der Waals surface area contributed by atoms with Gasteiger partial charge in [0.25, 0.3) is 0 Å². The fourth-order valence-electron chi connectivity index (χ4n) is 2.55.